The molecule has 0 aliphatic rings. The average molecular weight is 503 g/mol. The Morgan fingerprint density at radius 2 is 1.09 bits per heavy atom. The van der Waals surface area contributed by atoms with Gasteiger partial charge in [-0.2, -0.15) is 0 Å². The van der Waals surface area contributed by atoms with Gasteiger partial charge in [-0.3, -0.25) is 14.4 Å². The molecule has 7 nitrogen and oxygen atoms in total. The molecular weight excluding hydrogens is 467 g/mol. The first kappa shape index (κ1) is 28.6. The lowest BCUT2D eigenvalue weighted by atomic mass is 10.0. The van der Waals surface area contributed by atoms with Gasteiger partial charge in [0.2, 0.25) is 18.2 Å². The Bertz CT molecular complexity index is 1050. The number of carbonyl (C=O) groups excluding carboxylic acids is 3. The van der Waals surface area contributed by atoms with Crippen molar-refractivity contribution in [3.05, 3.63) is 68.8 Å². The van der Waals surface area contributed by atoms with E-state index in [2.05, 4.69) is 0 Å². The zero-order valence-corrected chi connectivity index (χ0v) is 22.5. The quantitative estimate of drug-likeness (QED) is 0.227. The Morgan fingerprint density at radius 1 is 0.686 bits per heavy atom. The molecule has 0 atom stereocenters. The first-order valence-corrected chi connectivity index (χ1v) is 13.4. The molecular formula is C27H35O7P. The van der Waals surface area contributed by atoms with Crippen molar-refractivity contribution in [1.82, 2.24) is 0 Å². The van der Waals surface area contributed by atoms with Crippen molar-refractivity contribution in [2.45, 2.75) is 41.5 Å². The van der Waals surface area contributed by atoms with E-state index >= 15 is 0 Å². The van der Waals surface area contributed by atoms with Crippen molar-refractivity contribution in [2.75, 3.05) is 39.7 Å². The molecule has 0 radical (unpaired) electrons. The number of aryl methyl sites for hydroxylation is 6. The number of hydrogen-bond donors (Lipinski definition) is 0. The monoisotopic (exact) mass is 502 g/mol. The molecule has 0 bridgehead atoms. The third-order valence-electron chi connectivity index (χ3n) is 5.71. The van der Waals surface area contributed by atoms with Crippen LogP contribution in [0.3, 0.4) is 0 Å². The van der Waals surface area contributed by atoms with E-state index in [1.54, 1.807) is 59.1 Å². The predicted octanol–water partition coefficient (Wildman–Crippen LogP) is 5.09. The van der Waals surface area contributed by atoms with Gasteiger partial charge < -0.3 is 18.8 Å². The van der Waals surface area contributed by atoms with Gasteiger partial charge in [-0.1, -0.05) is 35.4 Å². The van der Waals surface area contributed by atoms with E-state index < -0.39 is 30.3 Å². The summed E-state index contributed by atoms with van der Waals surface area (Å²) in [6.45, 7) is 11.5. The molecule has 0 N–H and O–H groups in total. The maximum atomic E-state index is 14.3. The Balaban J connectivity index is 2.45. The van der Waals surface area contributed by atoms with Gasteiger partial charge in [0.1, 0.15) is 12.8 Å². The summed E-state index contributed by atoms with van der Waals surface area (Å²) < 4.78 is 29.6. The van der Waals surface area contributed by atoms with Gasteiger partial charge in [0, 0.05) is 18.2 Å². The number of rotatable bonds is 12. The Kier molecular flexibility index (Phi) is 10.1. The van der Waals surface area contributed by atoms with Crippen LogP contribution in [0.5, 0.6) is 0 Å². The number of methoxy groups -OCH3 is 1. The highest BCUT2D eigenvalue weighted by Crippen LogP contribution is 2.53. The minimum Gasteiger partial charge on any atom is -0.463 e. The van der Waals surface area contributed by atoms with E-state index in [1.807, 2.05) is 13.8 Å². The molecule has 190 valence electrons. The molecule has 0 saturated carbocycles. The van der Waals surface area contributed by atoms with Crippen molar-refractivity contribution in [2.24, 2.45) is 0 Å². The maximum Gasteiger partial charge on any atom is 0.314 e. The number of ether oxygens (including phenoxy) is 3. The highest BCUT2D eigenvalue weighted by molar-refractivity contribution is 7.96. The number of benzene rings is 2. The van der Waals surface area contributed by atoms with Gasteiger partial charge in [0.05, 0.1) is 19.8 Å². The van der Waals surface area contributed by atoms with Crippen molar-refractivity contribution in [3.8, 4) is 0 Å². The lowest BCUT2D eigenvalue weighted by Gasteiger charge is -2.20. The van der Waals surface area contributed by atoms with Crippen LogP contribution in [-0.2, 0) is 23.6 Å². The molecule has 2 aromatic carbocycles. The highest BCUT2D eigenvalue weighted by atomic mass is 31.2. The number of esters is 1. The Labute approximate surface area is 207 Å². The van der Waals surface area contributed by atoms with Crippen LogP contribution in [-0.4, -0.2) is 56.7 Å². The second-order valence-corrected chi connectivity index (χ2v) is 11.5. The molecule has 0 aliphatic carbocycles. The minimum absolute atomic E-state index is 0.0872. The maximum absolute atomic E-state index is 14.3. The van der Waals surface area contributed by atoms with E-state index in [0.717, 1.165) is 11.1 Å². The smallest absolute Gasteiger partial charge is 0.314 e. The summed E-state index contributed by atoms with van der Waals surface area (Å²) in [7, 11) is -2.87. The highest BCUT2D eigenvalue weighted by Gasteiger charge is 2.45. The second-order valence-electron chi connectivity index (χ2n) is 8.88. The standard InChI is InChI=1S/C27H35O7P/c1-17-12-19(3)24(20(4)13-17)26(29)35(31,16-23(28)34-11-10-33-9-8-32-7)27(30)25-21(5)14-18(2)15-22(25)6/h12-15H,8-11,16H2,1-7H3. The average Bonchev–Trinajstić information content (AvgIpc) is 2.74. The van der Waals surface area contributed by atoms with Gasteiger partial charge in [0.25, 0.3) is 0 Å². The lowest BCUT2D eigenvalue weighted by Crippen LogP contribution is -2.23. The van der Waals surface area contributed by atoms with Crippen molar-refractivity contribution < 1.29 is 33.2 Å². The summed E-state index contributed by atoms with van der Waals surface area (Å²) in [6.07, 6.45) is -0.803. The van der Waals surface area contributed by atoms with Crippen LogP contribution in [0.2, 0.25) is 0 Å². The van der Waals surface area contributed by atoms with E-state index in [9.17, 15) is 18.9 Å². The van der Waals surface area contributed by atoms with E-state index in [4.69, 9.17) is 14.2 Å². The third-order valence-corrected chi connectivity index (χ3v) is 8.18. The van der Waals surface area contributed by atoms with Gasteiger partial charge >= 0.3 is 5.97 Å². The molecule has 2 rings (SSSR count). The fraction of sp³-hybridized carbons (Fsp3) is 0.444. The molecule has 2 aromatic rings. The van der Waals surface area contributed by atoms with Crippen LogP contribution in [0, 0.1) is 41.5 Å². The number of hydrogen-bond acceptors (Lipinski definition) is 7. The lowest BCUT2D eigenvalue weighted by molar-refractivity contribution is -0.142. The fourth-order valence-electron chi connectivity index (χ4n) is 4.32. The molecule has 0 heterocycles. The molecule has 0 spiro atoms. The molecule has 0 unspecified atom stereocenters. The van der Waals surface area contributed by atoms with Crippen molar-refractivity contribution in [3.63, 3.8) is 0 Å². The normalized spacial score (nSPS) is 11.4. The summed E-state index contributed by atoms with van der Waals surface area (Å²) >= 11 is 0. The van der Waals surface area contributed by atoms with Crippen molar-refractivity contribution in [1.29, 1.82) is 0 Å². The fourth-order valence-corrected chi connectivity index (χ4v) is 6.67. The Morgan fingerprint density at radius 3 is 1.49 bits per heavy atom. The summed E-state index contributed by atoms with van der Waals surface area (Å²) in [4.78, 5) is 40.2. The van der Waals surface area contributed by atoms with Crippen LogP contribution in [0.4, 0.5) is 0 Å². The summed E-state index contributed by atoms with van der Waals surface area (Å²) in [5, 5.41) is 0. The molecule has 0 aliphatic heterocycles. The van der Waals surface area contributed by atoms with E-state index in [0.29, 0.717) is 35.5 Å². The van der Waals surface area contributed by atoms with Crippen LogP contribution >= 0.6 is 7.14 Å². The van der Waals surface area contributed by atoms with Gasteiger partial charge in [-0.15, -0.1) is 0 Å². The summed E-state index contributed by atoms with van der Waals surface area (Å²) in [5.41, 5.74) is 3.11. The largest absolute Gasteiger partial charge is 0.463 e. The summed E-state index contributed by atoms with van der Waals surface area (Å²) in [6, 6.07) is 7.19. The van der Waals surface area contributed by atoms with E-state index in [-0.39, 0.29) is 24.3 Å². The first-order chi connectivity index (χ1) is 16.4. The van der Waals surface area contributed by atoms with Crippen molar-refractivity contribution >= 4 is 24.2 Å². The van der Waals surface area contributed by atoms with Gasteiger partial charge in [-0.05, 0) is 63.8 Å². The first-order valence-electron chi connectivity index (χ1n) is 11.5. The van der Waals surface area contributed by atoms with Crippen LogP contribution in [0.15, 0.2) is 24.3 Å². The molecule has 0 fully saturated rings. The molecule has 0 saturated heterocycles. The van der Waals surface area contributed by atoms with Gasteiger partial charge in [-0.25, -0.2) is 0 Å². The Hall–Kier alpha value is -2.60. The van der Waals surface area contributed by atoms with E-state index in [1.165, 1.54) is 0 Å². The molecule has 0 amide bonds. The van der Waals surface area contributed by atoms with Crippen LogP contribution < -0.4 is 0 Å². The summed E-state index contributed by atoms with van der Waals surface area (Å²) in [5.74, 6) is -0.879. The van der Waals surface area contributed by atoms with Crippen LogP contribution in [0.25, 0.3) is 0 Å². The van der Waals surface area contributed by atoms with Gasteiger partial charge in [0.15, 0.2) is 0 Å². The molecule has 35 heavy (non-hydrogen) atoms. The van der Waals surface area contributed by atoms with Crippen LogP contribution in [0.1, 0.15) is 54.1 Å². The molecule has 0 aromatic heterocycles. The zero-order chi connectivity index (χ0) is 26.3. The minimum atomic E-state index is -4.42. The second kappa shape index (κ2) is 12.4. The third kappa shape index (κ3) is 6.97. The SMILES string of the molecule is COCCOCCOC(=O)CP(=O)(C(=O)c1c(C)cc(C)cc1C)C(=O)c1c(C)cc(C)cc1C. The predicted molar refractivity (Wildman–Crippen MR) is 136 cm³/mol. The number of carbonyl (C=O) groups is 3. The zero-order valence-electron chi connectivity index (χ0n) is 21.6. The molecule has 8 heteroatoms. The topological polar surface area (TPSA) is 96.0 Å².